The highest BCUT2D eigenvalue weighted by molar-refractivity contribution is 5.70. The third-order valence-corrected chi connectivity index (χ3v) is 11.5. The number of carbonyl (C=O) groups excluding carboxylic acids is 2. The largest absolute Gasteiger partial charge is 0.462 e. The molecule has 62 heavy (non-hydrogen) atoms. The van der Waals surface area contributed by atoms with Gasteiger partial charge < -0.3 is 39.4 Å². The summed E-state index contributed by atoms with van der Waals surface area (Å²) in [4.78, 5) is 25.4. The molecule has 1 saturated heterocycles. The maximum atomic E-state index is 12.8. The Bertz CT molecular complexity index is 1150. The van der Waals surface area contributed by atoms with E-state index in [0.717, 1.165) is 57.8 Å². The summed E-state index contributed by atoms with van der Waals surface area (Å²) in [5, 5.41) is 40.2. The first-order chi connectivity index (χ1) is 30.3. The zero-order valence-corrected chi connectivity index (χ0v) is 39.4. The predicted octanol–water partition coefficient (Wildman–Crippen LogP) is 11.6. The lowest BCUT2D eigenvalue weighted by Crippen LogP contribution is -2.59. The van der Waals surface area contributed by atoms with Crippen molar-refractivity contribution < 1.29 is 49.0 Å². The number of allylic oxidation sites excluding steroid dienone is 8. The lowest BCUT2D eigenvalue weighted by molar-refractivity contribution is -0.305. The number of hydrogen-bond donors (Lipinski definition) is 4. The zero-order valence-electron chi connectivity index (χ0n) is 39.4. The van der Waals surface area contributed by atoms with E-state index >= 15 is 0 Å². The molecular formula is C52H92O10. The Morgan fingerprint density at radius 3 is 1.39 bits per heavy atom. The van der Waals surface area contributed by atoms with Gasteiger partial charge in [-0.05, 0) is 57.8 Å². The molecule has 10 nitrogen and oxygen atoms in total. The summed E-state index contributed by atoms with van der Waals surface area (Å²) in [7, 11) is 0. The summed E-state index contributed by atoms with van der Waals surface area (Å²) in [5.74, 6) is -0.836. The molecule has 0 radical (unpaired) electrons. The summed E-state index contributed by atoms with van der Waals surface area (Å²) >= 11 is 0. The number of aliphatic hydroxyl groups is 4. The van der Waals surface area contributed by atoms with Crippen LogP contribution in [0, 0.1) is 0 Å². The predicted molar refractivity (Wildman–Crippen MR) is 252 cm³/mol. The van der Waals surface area contributed by atoms with Crippen LogP contribution in [0.1, 0.15) is 213 Å². The topological polar surface area (TPSA) is 152 Å². The molecule has 1 fully saturated rings. The van der Waals surface area contributed by atoms with E-state index in [9.17, 15) is 30.0 Å². The fraction of sp³-hybridized carbons (Fsp3) is 0.808. The van der Waals surface area contributed by atoms with Gasteiger partial charge in [0.15, 0.2) is 12.4 Å². The van der Waals surface area contributed by atoms with Gasteiger partial charge in [-0.15, -0.1) is 0 Å². The molecule has 0 bridgehead atoms. The van der Waals surface area contributed by atoms with Crippen LogP contribution in [-0.2, 0) is 28.5 Å². The number of rotatable bonds is 42. The number of esters is 2. The van der Waals surface area contributed by atoms with Gasteiger partial charge in [-0.3, -0.25) is 9.59 Å². The van der Waals surface area contributed by atoms with E-state index in [1.54, 1.807) is 0 Å². The Hall–Kier alpha value is -2.34. The van der Waals surface area contributed by atoms with Crippen molar-refractivity contribution in [2.24, 2.45) is 0 Å². The van der Waals surface area contributed by atoms with Crippen molar-refractivity contribution in [2.75, 3.05) is 19.8 Å². The summed E-state index contributed by atoms with van der Waals surface area (Å²) in [6.07, 6.45) is 44.0. The fourth-order valence-corrected chi connectivity index (χ4v) is 7.47. The normalized spacial score (nSPS) is 20.0. The second-order valence-electron chi connectivity index (χ2n) is 17.3. The Morgan fingerprint density at radius 2 is 0.903 bits per heavy atom. The highest BCUT2D eigenvalue weighted by atomic mass is 16.7. The van der Waals surface area contributed by atoms with Crippen LogP contribution in [-0.4, -0.2) is 89.0 Å². The van der Waals surface area contributed by atoms with E-state index in [0.29, 0.717) is 6.42 Å². The lowest BCUT2D eigenvalue weighted by atomic mass is 9.99. The standard InChI is InChI=1S/C52H92O10/c1-3-5-7-9-11-13-15-17-19-21-23-25-27-29-31-33-35-37-39-41-48(55)61-45(44-60-52-51(58)50(57)49(56)46(42-53)62-52)43-59-47(54)40-38-36-34-32-30-28-26-24-22-20-18-16-14-12-10-8-6-4-2/h11,13,17,19,23,25,29,31,45-46,49-53,56-58H,3-10,12,14-16,18,20-22,24,26-28,30,32-44H2,1-2H3/b13-11+,19-17+,25-23+,31-29+/t45-,46-,49+,50?,51?,52-/m0/s1. The molecule has 1 rings (SSSR count). The van der Waals surface area contributed by atoms with Crippen molar-refractivity contribution in [3.05, 3.63) is 48.6 Å². The molecule has 0 saturated carbocycles. The molecule has 4 N–H and O–H groups in total. The maximum absolute atomic E-state index is 12.8. The van der Waals surface area contributed by atoms with E-state index in [1.165, 1.54) is 122 Å². The number of unbranched alkanes of at least 4 members (excludes halogenated alkanes) is 23. The van der Waals surface area contributed by atoms with Crippen LogP contribution in [0.15, 0.2) is 48.6 Å². The van der Waals surface area contributed by atoms with Crippen LogP contribution in [0.25, 0.3) is 0 Å². The van der Waals surface area contributed by atoms with Crippen molar-refractivity contribution in [3.63, 3.8) is 0 Å². The first kappa shape index (κ1) is 57.7. The Labute approximate surface area is 378 Å². The minimum Gasteiger partial charge on any atom is -0.462 e. The highest BCUT2D eigenvalue weighted by Crippen LogP contribution is 2.23. The molecular weight excluding hydrogens is 785 g/mol. The zero-order chi connectivity index (χ0) is 45.1. The van der Waals surface area contributed by atoms with Gasteiger partial charge in [0.05, 0.1) is 13.2 Å². The van der Waals surface area contributed by atoms with Gasteiger partial charge in [0.1, 0.15) is 31.0 Å². The third-order valence-electron chi connectivity index (χ3n) is 11.5. The van der Waals surface area contributed by atoms with Crippen LogP contribution in [0.3, 0.4) is 0 Å². The number of aliphatic hydroxyl groups excluding tert-OH is 4. The smallest absolute Gasteiger partial charge is 0.306 e. The van der Waals surface area contributed by atoms with Crippen molar-refractivity contribution >= 4 is 11.9 Å². The molecule has 6 atom stereocenters. The molecule has 0 amide bonds. The molecule has 2 unspecified atom stereocenters. The summed E-state index contributed by atoms with van der Waals surface area (Å²) in [5.41, 5.74) is 0. The number of hydrogen-bond acceptors (Lipinski definition) is 10. The molecule has 360 valence electrons. The van der Waals surface area contributed by atoms with Gasteiger partial charge in [0.2, 0.25) is 0 Å². The summed E-state index contributed by atoms with van der Waals surface area (Å²) in [6.45, 7) is 3.39. The van der Waals surface area contributed by atoms with Gasteiger partial charge in [-0.1, -0.05) is 191 Å². The van der Waals surface area contributed by atoms with Crippen molar-refractivity contribution in [1.29, 1.82) is 0 Å². The first-order valence-corrected chi connectivity index (χ1v) is 25.2. The molecule has 0 aromatic heterocycles. The van der Waals surface area contributed by atoms with Crippen molar-refractivity contribution in [3.8, 4) is 0 Å². The highest BCUT2D eigenvalue weighted by Gasteiger charge is 2.44. The maximum Gasteiger partial charge on any atom is 0.306 e. The van der Waals surface area contributed by atoms with E-state index in [4.69, 9.17) is 18.9 Å². The molecule has 1 aliphatic heterocycles. The summed E-state index contributed by atoms with van der Waals surface area (Å²) in [6, 6.07) is 0. The average Bonchev–Trinajstić information content (AvgIpc) is 3.27. The molecule has 0 aliphatic carbocycles. The molecule has 1 aliphatic rings. The molecule has 1 heterocycles. The van der Waals surface area contributed by atoms with E-state index in [2.05, 4.69) is 62.5 Å². The van der Waals surface area contributed by atoms with E-state index < -0.39 is 49.4 Å². The van der Waals surface area contributed by atoms with Crippen LogP contribution >= 0.6 is 0 Å². The van der Waals surface area contributed by atoms with E-state index in [-0.39, 0.29) is 32.0 Å². The minimum absolute atomic E-state index is 0.193. The lowest BCUT2D eigenvalue weighted by Gasteiger charge is -2.39. The second kappa shape index (κ2) is 42.6. The van der Waals surface area contributed by atoms with Crippen LogP contribution in [0.5, 0.6) is 0 Å². The molecule has 10 heteroatoms. The molecule has 0 aromatic carbocycles. The minimum atomic E-state index is -1.60. The summed E-state index contributed by atoms with van der Waals surface area (Å²) < 4.78 is 22.2. The SMILES string of the molecule is CCCCC/C=C/C/C=C/C/C=C/C/C=C/CCCCCC(=O)O[C@@H](COC(=O)CCCCCCCCCCCCCCCCCCCC)CO[C@H]1O[C@@H](CO)[C@@H](O)C(O)C1O. The van der Waals surface area contributed by atoms with Crippen molar-refractivity contribution in [2.45, 2.75) is 250 Å². The monoisotopic (exact) mass is 877 g/mol. The molecule has 0 aromatic rings. The van der Waals surface area contributed by atoms with Gasteiger partial charge in [0.25, 0.3) is 0 Å². The van der Waals surface area contributed by atoms with Crippen LogP contribution < -0.4 is 0 Å². The average molecular weight is 877 g/mol. The van der Waals surface area contributed by atoms with Gasteiger partial charge in [-0.25, -0.2) is 0 Å². The quantitative estimate of drug-likeness (QED) is 0.0265. The van der Waals surface area contributed by atoms with Crippen LogP contribution in [0.4, 0.5) is 0 Å². The van der Waals surface area contributed by atoms with E-state index in [1.807, 2.05) is 0 Å². The van der Waals surface area contributed by atoms with Crippen molar-refractivity contribution in [1.82, 2.24) is 0 Å². The first-order valence-electron chi connectivity index (χ1n) is 25.2. The van der Waals surface area contributed by atoms with Crippen LogP contribution in [0.2, 0.25) is 0 Å². The third kappa shape index (κ3) is 33.2. The van der Waals surface area contributed by atoms with Gasteiger partial charge in [-0.2, -0.15) is 0 Å². The number of ether oxygens (including phenoxy) is 4. The number of carbonyl (C=O) groups is 2. The Balaban J connectivity index is 2.30. The van der Waals surface area contributed by atoms with Gasteiger partial charge in [0, 0.05) is 12.8 Å². The van der Waals surface area contributed by atoms with Gasteiger partial charge >= 0.3 is 11.9 Å². The Kier molecular flexibility index (Phi) is 39.6. The molecule has 0 spiro atoms. The second-order valence-corrected chi connectivity index (χ2v) is 17.3. The fourth-order valence-electron chi connectivity index (χ4n) is 7.47. The Morgan fingerprint density at radius 1 is 0.500 bits per heavy atom.